The third kappa shape index (κ3) is 3.35. The van der Waals surface area contributed by atoms with Crippen LogP contribution in [0.5, 0.6) is 0 Å². The largest absolute Gasteiger partial charge is 0.334 e. The summed E-state index contributed by atoms with van der Waals surface area (Å²) >= 11 is 1.68. The van der Waals surface area contributed by atoms with Gasteiger partial charge in [-0.2, -0.15) is 0 Å². The van der Waals surface area contributed by atoms with Crippen LogP contribution < -0.4 is 0 Å². The predicted octanol–water partition coefficient (Wildman–Crippen LogP) is 5.25. The van der Waals surface area contributed by atoms with Gasteiger partial charge in [-0.3, -0.25) is 4.79 Å². The monoisotopic (exact) mass is 321 g/mol. The number of hydrogen-bond donors (Lipinski definition) is 0. The van der Waals surface area contributed by atoms with Crippen LogP contribution >= 0.6 is 11.3 Å². The van der Waals surface area contributed by atoms with Gasteiger partial charge in [0.2, 0.25) is 0 Å². The van der Waals surface area contributed by atoms with E-state index >= 15 is 0 Å². The molecule has 3 rings (SSSR count). The normalized spacial score (nSPS) is 11.9. The standard InChI is InChI=1S/C20H19NOS/c1-15(19-9-6-14-23-19)21(2)20(22)18-12-10-17(11-13-18)16-7-4-3-5-8-16/h3-15H,1-2H3/t15-/m1/s1. The van der Waals surface area contributed by atoms with Gasteiger partial charge in [0.1, 0.15) is 0 Å². The minimum atomic E-state index is 0.0468. The number of carbonyl (C=O) groups is 1. The number of amides is 1. The van der Waals surface area contributed by atoms with E-state index in [1.54, 1.807) is 16.2 Å². The van der Waals surface area contributed by atoms with E-state index in [-0.39, 0.29) is 11.9 Å². The van der Waals surface area contributed by atoms with Crippen molar-refractivity contribution in [2.75, 3.05) is 7.05 Å². The molecule has 1 heterocycles. The molecule has 1 atom stereocenters. The van der Waals surface area contributed by atoms with Gasteiger partial charge in [-0.05, 0) is 41.6 Å². The van der Waals surface area contributed by atoms with Crippen molar-refractivity contribution < 1.29 is 4.79 Å². The fourth-order valence-electron chi connectivity index (χ4n) is 2.54. The SMILES string of the molecule is C[C@H](c1cccs1)N(C)C(=O)c1ccc(-c2ccccc2)cc1. The third-order valence-electron chi connectivity index (χ3n) is 4.10. The summed E-state index contributed by atoms with van der Waals surface area (Å²) in [5, 5.41) is 2.04. The molecular formula is C20H19NOS. The zero-order valence-corrected chi connectivity index (χ0v) is 14.1. The highest BCUT2D eigenvalue weighted by Gasteiger charge is 2.19. The first-order chi connectivity index (χ1) is 11.2. The molecule has 3 aromatic rings. The average Bonchev–Trinajstić information content (AvgIpc) is 3.15. The highest BCUT2D eigenvalue weighted by Crippen LogP contribution is 2.25. The van der Waals surface area contributed by atoms with E-state index in [2.05, 4.69) is 25.1 Å². The van der Waals surface area contributed by atoms with Crippen molar-refractivity contribution in [2.45, 2.75) is 13.0 Å². The zero-order valence-electron chi connectivity index (χ0n) is 13.3. The Morgan fingerprint density at radius 2 is 1.57 bits per heavy atom. The van der Waals surface area contributed by atoms with Crippen LogP contribution in [0.25, 0.3) is 11.1 Å². The van der Waals surface area contributed by atoms with E-state index in [4.69, 9.17) is 0 Å². The first-order valence-electron chi connectivity index (χ1n) is 7.63. The van der Waals surface area contributed by atoms with Crippen LogP contribution in [0, 0.1) is 0 Å². The Morgan fingerprint density at radius 1 is 0.913 bits per heavy atom. The van der Waals surface area contributed by atoms with Crippen LogP contribution in [0.3, 0.4) is 0 Å². The molecule has 0 saturated carbocycles. The second-order valence-electron chi connectivity index (χ2n) is 5.55. The van der Waals surface area contributed by atoms with Crippen LogP contribution in [0.4, 0.5) is 0 Å². The lowest BCUT2D eigenvalue weighted by molar-refractivity contribution is 0.0745. The lowest BCUT2D eigenvalue weighted by atomic mass is 10.0. The molecule has 1 amide bonds. The molecule has 0 aliphatic heterocycles. The van der Waals surface area contributed by atoms with Gasteiger partial charge in [0.05, 0.1) is 6.04 Å². The third-order valence-corrected chi connectivity index (χ3v) is 5.14. The van der Waals surface area contributed by atoms with E-state index in [9.17, 15) is 4.79 Å². The highest BCUT2D eigenvalue weighted by atomic mass is 32.1. The summed E-state index contributed by atoms with van der Waals surface area (Å²) < 4.78 is 0. The second-order valence-corrected chi connectivity index (χ2v) is 6.53. The lowest BCUT2D eigenvalue weighted by Crippen LogP contribution is -2.29. The molecule has 0 spiro atoms. The van der Waals surface area contributed by atoms with Crippen molar-refractivity contribution in [3.05, 3.63) is 82.6 Å². The molecule has 3 heteroatoms. The summed E-state index contributed by atoms with van der Waals surface area (Å²) in [6, 6.07) is 22.2. The molecule has 0 radical (unpaired) electrons. The fourth-order valence-corrected chi connectivity index (χ4v) is 3.36. The molecule has 1 aromatic heterocycles. The van der Waals surface area contributed by atoms with Crippen LogP contribution in [0.15, 0.2) is 72.1 Å². The van der Waals surface area contributed by atoms with E-state index in [1.807, 2.05) is 61.0 Å². The molecule has 0 bridgehead atoms. The molecule has 0 aliphatic rings. The van der Waals surface area contributed by atoms with Crippen molar-refractivity contribution in [1.29, 1.82) is 0 Å². The minimum Gasteiger partial charge on any atom is -0.334 e. The van der Waals surface area contributed by atoms with Crippen molar-refractivity contribution in [3.63, 3.8) is 0 Å². The Kier molecular flexibility index (Phi) is 4.58. The molecule has 0 aliphatic carbocycles. The molecule has 23 heavy (non-hydrogen) atoms. The van der Waals surface area contributed by atoms with Crippen molar-refractivity contribution in [2.24, 2.45) is 0 Å². The van der Waals surface area contributed by atoms with Gasteiger partial charge >= 0.3 is 0 Å². The molecule has 0 fully saturated rings. The first kappa shape index (κ1) is 15.5. The smallest absolute Gasteiger partial charge is 0.254 e. The number of nitrogens with zero attached hydrogens (tertiary/aromatic N) is 1. The zero-order chi connectivity index (χ0) is 16.2. The summed E-state index contributed by atoms with van der Waals surface area (Å²) in [5.41, 5.74) is 3.00. The predicted molar refractivity (Wildman–Crippen MR) is 96.7 cm³/mol. The van der Waals surface area contributed by atoms with Crippen LogP contribution in [-0.4, -0.2) is 17.9 Å². The number of rotatable bonds is 4. The maximum absolute atomic E-state index is 12.7. The van der Waals surface area contributed by atoms with E-state index in [0.29, 0.717) is 0 Å². The first-order valence-corrected chi connectivity index (χ1v) is 8.51. The average molecular weight is 321 g/mol. The number of hydrogen-bond acceptors (Lipinski definition) is 2. The van der Waals surface area contributed by atoms with Crippen molar-refractivity contribution in [1.82, 2.24) is 4.90 Å². The maximum atomic E-state index is 12.7. The Balaban J connectivity index is 1.78. The fraction of sp³-hybridized carbons (Fsp3) is 0.150. The van der Waals surface area contributed by atoms with E-state index in [1.165, 1.54) is 4.88 Å². The Labute approximate surface area is 141 Å². The van der Waals surface area contributed by atoms with Gasteiger partial charge in [0.15, 0.2) is 0 Å². The van der Waals surface area contributed by atoms with Crippen LogP contribution in [-0.2, 0) is 0 Å². The van der Waals surface area contributed by atoms with Gasteiger partial charge in [-0.1, -0.05) is 48.5 Å². The van der Waals surface area contributed by atoms with Crippen LogP contribution in [0.2, 0.25) is 0 Å². The molecule has 2 nitrogen and oxygen atoms in total. The molecule has 0 saturated heterocycles. The Morgan fingerprint density at radius 3 is 2.17 bits per heavy atom. The van der Waals surface area contributed by atoms with E-state index < -0.39 is 0 Å². The number of thiophene rings is 1. The summed E-state index contributed by atoms with van der Waals surface area (Å²) in [6.07, 6.45) is 0. The lowest BCUT2D eigenvalue weighted by Gasteiger charge is -2.24. The minimum absolute atomic E-state index is 0.0468. The molecule has 0 N–H and O–H groups in total. The Hall–Kier alpha value is -2.39. The topological polar surface area (TPSA) is 20.3 Å². The van der Waals surface area contributed by atoms with Gasteiger partial charge in [0.25, 0.3) is 5.91 Å². The summed E-state index contributed by atoms with van der Waals surface area (Å²) in [4.78, 5) is 15.7. The van der Waals surface area contributed by atoms with Gasteiger partial charge < -0.3 is 4.90 Å². The van der Waals surface area contributed by atoms with Gasteiger partial charge in [-0.25, -0.2) is 0 Å². The summed E-state index contributed by atoms with van der Waals surface area (Å²) in [7, 11) is 1.86. The molecule has 116 valence electrons. The summed E-state index contributed by atoms with van der Waals surface area (Å²) in [6.45, 7) is 2.06. The van der Waals surface area contributed by atoms with Crippen molar-refractivity contribution >= 4 is 17.2 Å². The van der Waals surface area contributed by atoms with Gasteiger partial charge in [-0.15, -0.1) is 11.3 Å². The summed E-state index contributed by atoms with van der Waals surface area (Å²) in [5.74, 6) is 0.0468. The number of benzene rings is 2. The molecule has 0 unspecified atom stereocenters. The molecule has 2 aromatic carbocycles. The second kappa shape index (κ2) is 6.80. The highest BCUT2D eigenvalue weighted by molar-refractivity contribution is 7.10. The van der Waals surface area contributed by atoms with Crippen LogP contribution in [0.1, 0.15) is 28.2 Å². The quantitative estimate of drug-likeness (QED) is 0.643. The van der Waals surface area contributed by atoms with Crippen molar-refractivity contribution in [3.8, 4) is 11.1 Å². The number of carbonyl (C=O) groups excluding carboxylic acids is 1. The van der Waals surface area contributed by atoms with Gasteiger partial charge in [0, 0.05) is 17.5 Å². The maximum Gasteiger partial charge on any atom is 0.254 e. The van der Waals surface area contributed by atoms with E-state index in [0.717, 1.165) is 16.7 Å². The Bertz CT molecular complexity index is 763. The molecular weight excluding hydrogens is 302 g/mol.